The average molecular weight is 303 g/mol. The van der Waals surface area contributed by atoms with Crippen LogP contribution >= 0.6 is 0 Å². The lowest BCUT2D eigenvalue weighted by Gasteiger charge is -2.02. The first-order chi connectivity index (χ1) is 10.5. The van der Waals surface area contributed by atoms with E-state index in [0.29, 0.717) is 22.5 Å². The number of nitrogens with one attached hydrogen (secondary N) is 1. The fraction of sp³-hybridized carbons (Fsp3) is 0.0667. The van der Waals surface area contributed by atoms with Gasteiger partial charge in [-0.15, -0.1) is 0 Å². The molecule has 0 saturated carbocycles. The molecule has 0 saturated heterocycles. The molecule has 0 atom stereocenters. The van der Waals surface area contributed by atoms with Crippen molar-refractivity contribution in [2.75, 3.05) is 0 Å². The van der Waals surface area contributed by atoms with Crippen LogP contribution in [-0.2, 0) is 6.18 Å². The van der Waals surface area contributed by atoms with Gasteiger partial charge in [-0.05, 0) is 24.3 Å². The number of H-pyrrole nitrogens is 1. The Morgan fingerprint density at radius 2 is 1.91 bits per heavy atom. The van der Waals surface area contributed by atoms with E-state index in [1.54, 1.807) is 24.3 Å². The summed E-state index contributed by atoms with van der Waals surface area (Å²) in [5.41, 5.74) is 0.410. The van der Waals surface area contributed by atoms with Crippen LogP contribution in [0.15, 0.2) is 47.1 Å². The molecule has 0 fully saturated rings. The molecule has 3 aromatic rings. The van der Waals surface area contributed by atoms with Crippen LogP contribution in [0.3, 0.4) is 0 Å². The number of aromatic amines is 1. The van der Waals surface area contributed by atoms with Crippen molar-refractivity contribution in [1.29, 1.82) is 5.26 Å². The Morgan fingerprint density at radius 1 is 1.14 bits per heavy atom. The van der Waals surface area contributed by atoms with Gasteiger partial charge in [0, 0.05) is 11.1 Å². The zero-order chi connectivity index (χ0) is 15.7. The van der Waals surface area contributed by atoms with Crippen molar-refractivity contribution in [2.45, 2.75) is 6.18 Å². The minimum Gasteiger partial charge on any atom is -0.464 e. The van der Waals surface area contributed by atoms with Gasteiger partial charge in [0.15, 0.2) is 0 Å². The van der Waals surface area contributed by atoms with E-state index in [1.807, 2.05) is 11.2 Å². The van der Waals surface area contributed by atoms with Crippen molar-refractivity contribution in [2.24, 2.45) is 0 Å². The molecule has 7 heteroatoms. The minimum absolute atomic E-state index is 0.101. The molecular weight excluding hydrogens is 295 g/mol. The second-order valence-corrected chi connectivity index (χ2v) is 4.49. The standard InChI is InChI=1S/C15H8F3N3O/c16-15(17,18)13-7-12(20-21-13)11-5-6-22-14(11)10-4-2-1-3-9(10)8-19/h1-7H,(H,20,21). The molecule has 1 N–H and O–H groups in total. The largest absolute Gasteiger partial charge is 0.464 e. The second-order valence-electron chi connectivity index (χ2n) is 4.49. The van der Waals surface area contributed by atoms with Crippen LogP contribution in [0, 0.1) is 11.3 Å². The van der Waals surface area contributed by atoms with Gasteiger partial charge in [-0.3, -0.25) is 5.10 Å². The van der Waals surface area contributed by atoms with Crippen LogP contribution in [0.2, 0.25) is 0 Å². The quantitative estimate of drug-likeness (QED) is 0.770. The van der Waals surface area contributed by atoms with Gasteiger partial charge in [-0.25, -0.2) is 0 Å². The van der Waals surface area contributed by atoms with Gasteiger partial charge in [0.2, 0.25) is 0 Å². The van der Waals surface area contributed by atoms with Crippen LogP contribution in [-0.4, -0.2) is 10.2 Å². The number of nitrogens with zero attached hydrogens (tertiary/aromatic N) is 2. The first-order valence-electron chi connectivity index (χ1n) is 6.20. The average Bonchev–Trinajstić information content (AvgIpc) is 3.15. The highest BCUT2D eigenvalue weighted by Gasteiger charge is 2.33. The number of aromatic nitrogens is 2. The maximum atomic E-state index is 12.6. The summed E-state index contributed by atoms with van der Waals surface area (Å²) >= 11 is 0. The van der Waals surface area contributed by atoms with Gasteiger partial charge in [0.25, 0.3) is 0 Å². The molecule has 2 heterocycles. The van der Waals surface area contributed by atoms with Crippen molar-refractivity contribution in [3.8, 4) is 28.7 Å². The molecule has 3 rings (SSSR count). The molecule has 0 radical (unpaired) electrons. The molecule has 0 aliphatic heterocycles. The number of hydrogen-bond donors (Lipinski definition) is 1. The Bertz CT molecular complexity index is 855. The molecule has 0 bridgehead atoms. The van der Waals surface area contributed by atoms with Gasteiger partial charge in [-0.2, -0.15) is 23.5 Å². The second kappa shape index (κ2) is 5.07. The van der Waals surface area contributed by atoms with Gasteiger partial charge >= 0.3 is 6.18 Å². The molecule has 1 aromatic carbocycles. The van der Waals surface area contributed by atoms with E-state index in [1.165, 1.54) is 12.3 Å². The Morgan fingerprint density at radius 3 is 2.59 bits per heavy atom. The number of benzene rings is 1. The molecule has 0 spiro atoms. The van der Waals surface area contributed by atoms with Gasteiger partial charge < -0.3 is 4.42 Å². The molecule has 22 heavy (non-hydrogen) atoms. The molecule has 0 amide bonds. The van der Waals surface area contributed by atoms with E-state index in [9.17, 15) is 13.2 Å². The third kappa shape index (κ3) is 2.35. The zero-order valence-corrected chi connectivity index (χ0v) is 11.0. The lowest BCUT2D eigenvalue weighted by Crippen LogP contribution is -2.04. The van der Waals surface area contributed by atoms with E-state index >= 15 is 0 Å². The van der Waals surface area contributed by atoms with Gasteiger partial charge in [0.1, 0.15) is 11.5 Å². The van der Waals surface area contributed by atoms with Crippen molar-refractivity contribution >= 4 is 0 Å². The topological polar surface area (TPSA) is 65.6 Å². The first-order valence-corrected chi connectivity index (χ1v) is 6.20. The summed E-state index contributed by atoms with van der Waals surface area (Å²) in [5, 5.41) is 14.8. The van der Waals surface area contributed by atoms with Crippen molar-refractivity contribution in [1.82, 2.24) is 10.2 Å². The van der Waals surface area contributed by atoms with Crippen molar-refractivity contribution in [3.63, 3.8) is 0 Å². The van der Waals surface area contributed by atoms with E-state index in [-0.39, 0.29) is 5.69 Å². The van der Waals surface area contributed by atoms with Crippen LogP contribution in [0.5, 0.6) is 0 Å². The highest BCUT2D eigenvalue weighted by molar-refractivity contribution is 5.80. The molecular formula is C15H8F3N3O. The number of furan rings is 1. The molecule has 2 aromatic heterocycles. The summed E-state index contributed by atoms with van der Waals surface area (Å²) in [6.45, 7) is 0. The van der Waals surface area contributed by atoms with E-state index in [4.69, 9.17) is 9.68 Å². The molecule has 110 valence electrons. The molecule has 0 unspecified atom stereocenters. The maximum absolute atomic E-state index is 12.6. The number of alkyl halides is 3. The predicted octanol–water partition coefficient (Wildman–Crippen LogP) is 4.23. The van der Waals surface area contributed by atoms with Crippen LogP contribution in [0.4, 0.5) is 13.2 Å². The summed E-state index contributed by atoms with van der Waals surface area (Å²) in [6.07, 6.45) is -3.15. The highest BCUT2D eigenvalue weighted by Crippen LogP contribution is 2.36. The highest BCUT2D eigenvalue weighted by atomic mass is 19.4. The monoisotopic (exact) mass is 303 g/mol. The Balaban J connectivity index is 2.10. The third-order valence-electron chi connectivity index (χ3n) is 3.12. The van der Waals surface area contributed by atoms with E-state index in [0.717, 1.165) is 6.07 Å². The fourth-order valence-corrected chi connectivity index (χ4v) is 2.10. The van der Waals surface area contributed by atoms with E-state index < -0.39 is 11.9 Å². The Hall–Kier alpha value is -3.01. The molecule has 0 aliphatic carbocycles. The summed E-state index contributed by atoms with van der Waals surface area (Å²) in [7, 11) is 0. The number of nitriles is 1. The third-order valence-corrected chi connectivity index (χ3v) is 3.12. The van der Waals surface area contributed by atoms with Crippen molar-refractivity contribution < 1.29 is 17.6 Å². The smallest absolute Gasteiger partial charge is 0.432 e. The van der Waals surface area contributed by atoms with Crippen LogP contribution in [0.25, 0.3) is 22.6 Å². The first kappa shape index (κ1) is 13.9. The van der Waals surface area contributed by atoms with Crippen LogP contribution in [0.1, 0.15) is 11.3 Å². The summed E-state index contributed by atoms with van der Waals surface area (Å²) < 4.78 is 43.3. The van der Waals surface area contributed by atoms with Crippen molar-refractivity contribution in [3.05, 3.63) is 53.9 Å². The lowest BCUT2D eigenvalue weighted by atomic mass is 10.0. The number of hydrogen-bond acceptors (Lipinski definition) is 3. The maximum Gasteiger partial charge on any atom is 0.432 e. The summed E-state index contributed by atoms with van der Waals surface area (Å²) in [5.74, 6) is 0.303. The Labute approximate surface area is 122 Å². The fourth-order valence-electron chi connectivity index (χ4n) is 2.10. The molecule has 0 aliphatic rings. The lowest BCUT2D eigenvalue weighted by molar-refractivity contribution is -0.141. The van der Waals surface area contributed by atoms with Gasteiger partial charge in [0.05, 0.1) is 23.6 Å². The van der Waals surface area contributed by atoms with Crippen LogP contribution < -0.4 is 0 Å². The Kier molecular flexibility index (Phi) is 3.22. The SMILES string of the molecule is N#Cc1ccccc1-c1occc1-c1cc(C(F)(F)F)[nH]n1. The van der Waals surface area contributed by atoms with E-state index in [2.05, 4.69) is 5.10 Å². The minimum atomic E-state index is -4.50. The number of halogens is 3. The zero-order valence-electron chi connectivity index (χ0n) is 11.0. The van der Waals surface area contributed by atoms with Gasteiger partial charge in [-0.1, -0.05) is 12.1 Å². The molecule has 4 nitrogen and oxygen atoms in total. The predicted molar refractivity (Wildman–Crippen MR) is 71.4 cm³/mol. The normalized spacial score (nSPS) is 11.4. The number of rotatable bonds is 2. The summed E-state index contributed by atoms with van der Waals surface area (Å²) in [4.78, 5) is 0. The summed E-state index contributed by atoms with van der Waals surface area (Å²) in [6, 6.07) is 11.1.